The third kappa shape index (κ3) is 3.14. The molecule has 0 saturated heterocycles. The maximum absolute atomic E-state index is 11.1. The Morgan fingerprint density at radius 1 is 1.53 bits per heavy atom. The summed E-state index contributed by atoms with van der Waals surface area (Å²) in [5, 5.41) is 16.7. The summed E-state index contributed by atoms with van der Waals surface area (Å²) in [4.78, 5) is 15.1. The first kappa shape index (κ1) is 13.2. The van der Waals surface area contributed by atoms with Crippen LogP contribution in [0.4, 0.5) is 0 Å². The average Bonchev–Trinajstić information content (AvgIpc) is 2.80. The van der Waals surface area contributed by atoms with Gasteiger partial charge in [-0.1, -0.05) is 11.3 Å². The number of methoxy groups -OCH3 is 1. The Morgan fingerprint density at radius 3 is 3.00 bits per heavy atom. The predicted octanol–water partition coefficient (Wildman–Crippen LogP) is 0.608. The molecular formula is C12H14N4O3. The second kappa shape index (κ2) is 6.05. The largest absolute Gasteiger partial charge is 0.476 e. The molecule has 2 aromatic rings. The maximum Gasteiger partial charge on any atom is 0.358 e. The normalized spacial score (nSPS) is 10.6. The molecule has 1 N–H and O–H groups in total. The zero-order valence-corrected chi connectivity index (χ0v) is 10.5. The molecular weight excluding hydrogens is 248 g/mol. The number of carbonyl (C=O) groups is 1. The summed E-state index contributed by atoms with van der Waals surface area (Å²) in [5.74, 6) is -1.08. The van der Waals surface area contributed by atoms with E-state index < -0.39 is 5.97 Å². The second-order valence-corrected chi connectivity index (χ2v) is 3.95. The number of hydrogen-bond donors (Lipinski definition) is 1. The van der Waals surface area contributed by atoms with Gasteiger partial charge >= 0.3 is 5.97 Å². The van der Waals surface area contributed by atoms with Crippen molar-refractivity contribution in [1.82, 2.24) is 20.0 Å². The van der Waals surface area contributed by atoms with Crippen LogP contribution in [0.25, 0.3) is 0 Å². The highest BCUT2D eigenvalue weighted by Crippen LogP contribution is 2.09. The van der Waals surface area contributed by atoms with Gasteiger partial charge in [0.1, 0.15) is 0 Å². The van der Waals surface area contributed by atoms with Gasteiger partial charge in [-0.2, -0.15) is 0 Å². The van der Waals surface area contributed by atoms with E-state index in [1.165, 1.54) is 0 Å². The number of aromatic carboxylic acids is 1. The van der Waals surface area contributed by atoms with Crippen LogP contribution in [0.3, 0.4) is 0 Å². The number of carboxylic acid groups (broad SMARTS) is 1. The second-order valence-electron chi connectivity index (χ2n) is 3.95. The van der Waals surface area contributed by atoms with Crippen LogP contribution in [0.5, 0.6) is 0 Å². The quantitative estimate of drug-likeness (QED) is 0.820. The van der Waals surface area contributed by atoms with Gasteiger partial charge < -0.3 is 9.84 Å². The average molecular weight is 262 g/mol. The van der Waals surface area contributed by atoms with E-state index in [0.29, 0.717) is 25.3 Å². The standard InChI is InChI=1S/C12H14N4O3/c1-19-6-4-10-11(12(17)18)14-15-16(10)8-9-3-2-5-13-7-9/h2-3,5,7H,4,6,8H2,1H3,(H,17,18). The van der Waals surface area contributed by atoms with Gasteiger partial charge in [0.15, 0.2) is 5.69 Å². The third-order valence-corrected chi connectivity index (χ3v) is 2.64. The highest BCUT2D eigenvalue weighted by atomic mass is 16.5. The molecule has 0 fully saturated rings. The molecule has 7 nitrogen and oxygen atoms in total. The van der Waals surface area contributed by atoms with Gasteiger partial charge in [0.25, 0.3) is 0 Å². The number of aromatic nitrogens is 4. The minimum absolute atomic E-state index is 0.0269. The molecule has 2 aromatic heterocycles. The Kier molecular flexibility index (Phi) is 4.19. The molecule has 0 atom stereocenters. The third-order valence-electron chi connectivity index (χ3n) is 2.64. The Morgan fingerprint density at radius 2 is 2.37 bits per heavy atom. The Hall–Kier alpha value is -2.28. The van der Waals surface area contributed by atoms with Gasteiger partial charge in [0.05, 0.1) is 18.8 Å². The molecule has 0 radical (unpaired) electrons. The van der Waals surface area contributed by atoms with Gasteiger partial charge in [0.2, 0.25) is 0 Å². The van der Waals surface area contributed by atoms with Crippen LogP contribution < -0.4 is 0 Å². The smallest absolute Gasteiger partial charge is 0.358 e. The first-order valence-electron chi connectivity index (χ1n) is 5.76. The summed E-state index contributed by atoms with van der Waals surface area (Å²) in [5.41, 5.74) is 1.46. The van der Waals surface area contributed by atoms with E-state index >= 15 is 0 Å². The van der Waals surface area contributed by atoms with Crippen LogP contribution in [-0.4, -0.2) is 44.8 Å². The number of rotatable bonds is 6. The summed E-state index contributed by atoms with van der Waals surface area (Å²) in [6.07, 6.45) is 3.84. The van der Waals surface area contributed by atoms with Crippen molar-refractivity contribution < 1.29 is 14.6 Å². The van der Waals surface area contributed by atoms with Crippen LogP contribution in [0.15, 0.2) is 24.5 Å². The summed E-state index contributed by atoms with van der Waals surface area (Å²) < 4.78 is 6.55. The van der Waals surface area contributed by atoms with E-state index in [1.807, 2.05) is 12.1 Å². The molecule has 7 heteroatoms. The summed E-state index contributed by atoms with van der Waals surface area (Å²) in [7, 11) is 1.57. The van der Waals surface area contributed by atoms with Crippen molar-refractivity contribution in [2.24, 2.45) is 0 Å². The molecule has 2 rings (SSSR count). The zero-order chi connectivity index (χ0) is 13.7. The predicted molar refractivity (Wildman–Crippen MR) is 65.9 cm³/mol. The molecule has 0 aliphatic rings. The SMILES string of the molecule is COCCc1c(C(=O)O)nnn1Cc1cccnc1. The topological polar surface area (TPSA) is 90.1 Å². The van der Waals surface area contributed by atoms with E-state index in [0.717, 1.165) is 5.56 Å². The highest BCUT2D eigenvalue weighted by molar-refractivity contribution is 5.86. The molecule has 0 saturated carbocycles. The Bertz CT molecular complexity index is 553. The first-order chi connectivity index (χ1) is 9.22. The summed E-state index contributed by atoms with van der Waals surface area (Å²) >= 11 is 0. The van der Waals surface area contributed by atoms with Crippen molar-refractivity contribution in [2.75, 3.05) is 13.7 Å². The lowest BCUT2D eigenvalue weighted by Crippen LogP contribution is -2.11. The number of nitrogens with zero attached hydrogens (tertiary/aromatic N) is 4. The Labute approximate surface area is 109 Å². The minimum Gasteiger partial charge on any atom is -0.476 e. The Balaban J connectivity index is 2.26. The van der Waals surface area contributed by atoms with Crippen LogP contribution >= 0.6 is 0 Å². The number of ether oxygens (including phenoxy) is 1. The van der Waals surface area contributed by atoms with Crippen molar-refractivity contribution >= 4 is 5.97 Å². The van der Waals surface area contributed by atoms with Gasteiger partial charge in [-0.25, -0.2) is 9.48 Å². The summed E-state index contributed by atoms with van der Waals surface area (Å²) in [6, 6.07) is 3.72. The van der Waals surface area contributed by atoms with Crippen molar-refractivity contribution in [2.45, 2.75) is 13.0 Å². The minimum atomic E-state index is -1.08. The number of carboxylic acids is 1. The molecule has 0 unspecified atom stereocenters. The van der Waals surface area contributed by atoms with Crippen molar-refractivity contribution in [3.63, 3.8) is 0 Å². The van der Waals surface area contributed by atoms with Crippen LogP contribution in [0.1, 0.15) is 21.7 Å². The molecule has 0 spiro atoms. The van der Waals surface area contributed by atoms with Gasteiger partial charge in [-0.3, -0.25) is 4.98 Å². The van der Waals surface area contributed by atoms with Crippen LogP contribution in [0.2, 0.25) is 0 Å². The van der Waals surface area contributed by atoms with Crippen molar-refractivity contribution in [1.29, 1.82) is 0 Å². The highest BCUT2D eigenvalue weighted by Gasteiger charge is 2.18. The number of hydrogen-bond acceptors (Lipinski definition) is 5. The fraction of sp³-hybridized carbons (Fsp3) is 0.333. The van der Waals surface area contributed by atoms with Gasteiger partial charge in [-0.05, 0) is 11.6 Å². The molecule has 2 heterocycles. The molecule has 0 aliphatic carbocycles. The van der Waals surface area contributed by atoms with E-state index in [9.17, 15) is 4.79 Å². The maximum atomic E-state index is 11.1. The molecule has 0 bridgehead atoms. The van der Waals surface area contributed by atoms with Gasteiger partial charge in [0, 0.05) is 25.9 Å². The van der Waals surface area contributed by atoms with Crippen LogP contribution in [0, 0.1) is 0 Å². The molecule has 19 heavy (non-hydrogen) atoms. The summed E-state index contributed by atoms with van der Waals surface area (Å²) in [6.45, 7) is 0.855. The monoisotopic (exact) mass is 262 g/mol. The van der Waals surface area contributed by atoms with Crippen molar-refractivity contribution in [3.05, 3.63) is 41.5 Å². The fourth-order valence-corrected chi connectivity index (χ4v) is 1.74. The van der Waals surface area contributed by atoms with Gasteiger partial charge in [-0.15, -0.1) is 5.10 Å². The first-order valence-corrected chi connectivity index (χ1v) is 5.76. The van der Waals surface area contributed by atoms with E-state index in [2.05, 4.69) is 15.3 Å². The van der Waals surface area contributed by atoms with E-state index in [-0.39, 0.29) is 5.69 Å². The number of pyridine rings is 1. The molecule has 0 aromatic carbocycles. The van der Waals surface area contributed by atoms with Crippen molar-refractivity contribution in [3.8, 4) is 0 Å². The van der Waals surface area contributed by atoms with E-state index in [1.54, 1.807) is 24.2 Å². The van der Waals surface area contributed by atoms with Crippen LogP contribution in [-0.2, 0) is 17.7 Å². The lowest BCUT2D eigenvalue weighted by molar-refractivity contribution is 0.0688. The molecule has 0 aliphatic heterocycles. The molecule has 100 valence electrons. The lowest BCUT2D eigenvalue weighted by Gasteiger charge is -2.06. The molecule has 0 amide bonds. The lowest BCUT2D eigenvalue weighted by atomic mass is 10.2. The fourth-order valence-electron chi connectivity index (χ4n) is 1.74. The zero-order valence-electron chi connectivity index (χ0n) is 10.5. The van der Waals surface area contributed by atoms with E-state index in [4.69, 9.17) is 9.84 Å².